The summed E-state index contributed by atoms with van der Waals surface area (Å²) in [6.45, 7) is 2.49. The third kappa shape index (κ3) is 2.85. The van der Waals surface area contributed by atoms with Crippen molar-refractivity contribution in [3.63, 3.8) is 0 Å². The van der Waals surface area contributed by atoms with Crippen LogP contribution in [-0.2, 0) is 16.0 Å². The highest BCUT2D eigenvalue weighted by atomic mass is 16.5. The zero-order valence-corrected chi connectivity index (χ0v) is 17.1. The first kappa shape index (κ1) is 19.0. The minimum Gasteiger partial charge on any atom is -0.497 e. The fourth-order valence-corrected chi connectivity index (χ4v) is 7.10. The number of carbonyl (C=O) groups is 1. The van der Waals surface area contributed by atoms with Crippen LogP contribution in [0.25, 0.3) is 0 Å². The first-order valence-corrected chi connectivity index (χ1v) is 10.7. The second-order valence-corrected chi connectivity index (χ2v) is 9.23. The summed E-state index contributed by atoms with van der Waals surface area (Å²) in [4.78, 5) is 10.8. The number of ether oxygens (including phenoxy) is 2. The van der Waals surface area contributed by atoms with Crippen LogP contribution in [0.1, 0.15) is 75.3 Å². The quantitative estimate of drug-likeness (QED) is 0.503. The SMILES string of the molecule is COc1ccc2c(c1)CC[C@@H]1[C@@H]2CC[C@@]2(C)[C@H]1CC[C@]2(CCCC=O)OC. The Morgan fingerprint density at radius 2 is 2.04 bits per heavy atom. The predicted octanol–water partition coefficient (Wildman–Crippen LogP) is 5.31. The lowest BCUT2D eigenvalue weighted by atomic mass is 9.53. The zero-order chi connectivity index (χ0) is 19.1. The number of methoxy groups -OCH3 is 2. The third-order valence-electron chi connectivity index (χ3n) is 8.52. The molecule has 3 aliphatic carbocycles. The Labute approximate surface area is 163 Å². The Morgan fingerprint density at radius 1 is 1.19 bits per heavy atom. The summed E-state index contributed by atoms with van der Waals surface area (Å²) in [6.07, 6.45) is 11.1. The molecule has 2 fully saturated rings. The van der Waals surface area contributed by atoms with Gasteiger partial charge in [0.1, 0.15) is 12.0 Å². The number of fused-ring (bicyclic) bond motifs is 5. The molecule has 0 radical (unpaired) electrons. The molecule has 3 aliphatic rings. The Hall–Kier alpha value is -1.35. The van der Waals surface area contributed by atoms with Crippen molar-refractivity contribution in [2.45, 2.75) is 76.2 Å². The number of rotatable bonds is 6. The molecule has 0 amide bonds. The average Bonchev–Trinajstić information content (AvgIpc) is 3.00. The minimum atomic E-state index is -0.0359. The summed E-state index contributed by atoms with van der Waals surface area (Å²) in [5, 5.41) is 0. The van der Waals surface area contributed by atoms with Crippen LogP contribution in [-0.4, -0.2) is 26.1 Å². The fourth-order valence-electron chi connectivity index (χ4n) is 7.10. The standard InChI is InChI=1S/C24H34O3/c1-23-13-10-20-19-9-7-18(26-2)16-17(19)6-8-21(20)22(23)11-14-24(23,27-3)12-4-5-15-25/h7,9,15-16,20-22H,4-6,8,10-14H2,1-3H3/t20-,21-,22+,23+,24+/m1/s1. The van der Waals surface area contributed by atoms with Crippen molar-refractivity contribution in [2.24, 2.45) is 17.3 Å². The molecule has 27 heavy (non-hydrogen) atoms. The maximum atomic E-state index is 10.8. The number of benzene rings is 1. The molecule has 1 aromatic carbocycles. The van der Waals surface area contributed by atoms with Gasteiger partial charge in [-0.3, -0.25) is 0 Å². The molecule has 0 aliphatic heterocycles. The van der Waals surface area contributed by atoms with Crippen molar-refractivity contribution < 1.29 is 14.3 Å². The number of unbranched alkanes of at least 4 members (excludes halogenated alkanes) is 1. The van der Waals surface area contributed by atoms with E-state index in [1.807, 2.05) is 7.11 Å². The molecule has 2 saturated carbocycles. The van der Waals surface area contributed by atoms with E-state index in [1.54, 1.807) is 12.7 Å². The maximum Gasteiger partial charge on any atom is 0.119 e. The smallest absolute Gasteiger partial charge is 0.119 e. The maximum absolute atomic E-state index is 10.8. The molecule has 3 nitrogen and oxygen atoms in total. The Morgan fingerprint density at radius 3 is 2.78 bits per heavy atom. The molecular formula is C24H34O3. The summed E-state index contributed by atoms with van der Waals surface area (Å²) in [6, 6.07) is 6.73. The van der Waals surface area contributed by atoms with Crippen molar-refractivity contribution in [2.75, 3.05) is 14.2 Å². The van der Waals surface area contributed by atoms with Gasteiger partial charge in [0.2, 0.25) is 0 Å². The van der Waals surface area contributed by atoms with Crippen LogP contribution in [0.3, 0.4) is 0 Å². The van der Waals surface area contributed by atoms with Gasteiger partial charge in [0.25, 0.3) is 0 Å². The average molecular weight is 371 g/mol. The van der Waals surface area contributed by atoms with Crippen LogP contribution < -0.4 is 4.74 Å². The fraction of sp³-hybridized carbons (Fsp3) is 0.708. The molecule has 3 heteroatoms. The van der Waals surface area contributed by atoms with Crippen LogP contribution in [0.4, 0.5) is 0 Å². The first-order chi connectivity index (χ1) is 13.1. The Kier molecular flexibility index (Phi) is 5.09. The van der Waals surface area contributed by atoms with E-state index in [0.717, 1.165) is 43.1 Å². The Bertz CT molecular complexity index is 699. The lowest BCUT2D eigenvalue weighted by Crippen LogP contribution is -2.51. The van der Waals surface area contributed by atoms with Crippen LogP contribution in [0, 0.1) is 17.3 Å². The topological polar surface area (TPSA) is 35.5 Å². The second kappa shape index (κ2) is 7.24. The molecule has 5 atom stereocenters. The van der Waals surface area contributed by atoms with Gasteiger partial charge in [-0.25, -0.2) is 0 Å². The molecule has 1 aromatic rings. The molecule has 0 bridgehead atoms. The van der Waals surface area contributed by atoms with E-state index in [4.69, 9.17) is 9.47 Å². The van der Waals surface area contributed by atoms with Crippen molar-refractivity contribution in [3.05, 3.63) is 29.3 Å². The van der Waals surface area contributed by atoms with Crippen molar-refractivity contribution in [1.82, 2.24) is 0 Å². The van der Waals surface area contributed by atoms with Gasteiger partial charge in [-0.05, 0) is 97.8 Å². The molecule has 0 unspecified atom stereocenters. The van der Waals surface area contributed by atoms with Gasteiger partial charge in [-0.2, -0.15) is 0 Å². The van der Waals surface area contributed by atoms with Gasteiger partial charge in [-0.1, -0.05) is 13.0 Å². The molecule has 0 spiro atoms. The monoisotopic (exact) mass is 370 g/mol. The van der Waals surface area contributed by atoms with E-state index < -0.39 is 0 Å². The Balaban J connectivity index is 1.60. The molecule has 0 aromatic heterocycles. The van der Waals surface area contributed by atoms with Gasteiger partial charge >= 0.3 is 0 Å². The summed E-state index contributed by atoms with van der Waals surface area (Å²) in [7, 11) is 3.66. The van der Waals surface area contributed by atoms with Gasteiger partial charge in [0.05, 0.1) is 12.7 Å². The van der Waals surface area contributed by atoms with E-state index in [-0.39, 0.29) is 11.0 Å². The normalized spacial score (nSPS) is 37.2. The highest BCUT2D eigenvalue weighted by molar-refractivity contribution is 5.49. The summed E-state index contributed by atoms with van der Waals surface area (Å²) in [5.41, 5.74) is 3.29. The van der Waals surface area contributed by atoms with Crippen LogP contribution in [0.5, 0.6) is 5.75 Å². The third-order valence-corrected chi connectivity index (χ3v) is 8.52. The van der Waals surface area contributed by atoms with Crippen LogP contribution >= 0.6 is 0 Å². The number of aryl methyl sites for hydroxylation is 1. The van der Waals surface area contributed by atoms with E-state index in [9.17, 15) is 4.79 Å². The molecule has 0 saturated heterocycles. The zero-order valence-electron chi connectivity index (χ0n) is 17.1. The number of carbonyl (C=O) groups excluding carboxylic acids is 1. The second-order valence-electron chi connectivity index (χ2n) is 9.23. The minimum absolute atomic E-state index is 0.0359. The largest absolute Gasteiger partial charge is 0.497 e. The number of hydrogen-bond donors (Lipinski definition) is 0. The van der Waals surface area contributed by atoms with Crippen LogP contribution in [0.15, 0.2) is 18.2 Å². The van der Waals surface area contributed by atoms with Crippen molar-refractivity contribution >= 4 is 6.29 Å². The summed E-state index contributed by atoms with van der Waals surface area (Å²) < 4.78 is 11.7. The van der Waals surface area contributed by atoms with Gasteiger partial charge in [0, 0.05) is 13.5 Å². The van der Waals surface area contributed by atoms with Crippen molar-refractivity contribution in [3.8, 4) is 5.75 Å². The van der Waals surface area contributed by atoms with E-state index >= 15 is 0 Å². The highest BCUT2D eigenvalue weighted by Gasteiger charge is 2.61. The lowest BCUT2D eigenvalue weighted by Gasteiger charge is -2.54. The van der Waals surface area contributed by atoms with Crippen LogP contribution in [0.2, 0.25) is 0 Å². The molecule has 0 heterocycles. The van der Waals surface area contributed by atoms with E-state index in [0.29, 0.717) is 12.3 Å². The predicted molar refractivity (Wildman–Crippen MR) is 107 cm³/mol. The van der Waals surface area contributed by atoms with Gasteiger partial charge in [-0.15, -0.1) is 0 Å². The number of hydrogen-bond acceptors (Lipinski definition) is 3. The molecule has 148 valence electrons. The van der Waals surface area contributed by atoms with E-state index in [1.165, 1.54) is 37.7 Å². The molecule has 0 N–H and O–H groups in total. The summed E-state index contributed by atoms with van der Waals surface area (Å²) in [5.74, 6) is 3.19. The molecule has 4 rings (SSSR count). The highest BCUT2D eigenvalue weighted by Crippen LogP contribution is 2.66. The molecular weight excluding hydrogens is 336 g/mol. The van der Waals surface area contributed by atoms with Crippen molar-refractivity contribution in [1.29, 1.82) is 0 Å². The lowest BCUT2D eigenvalue weighted by molar-refractivity contribution is -0.132. The van der Waals surface area contributed by atoms with E-state index in [2.05, 4.69) is 25.1 Å². The van der Waals surface area contributed by atoms with Gasteiger partial charge in [0.15, 0.2) is 0 Å². The summed E-state index contributed by atoms with van der Waals surface area (Å²) >= 11 is 0. The first-order valence-electron chi connectivity index (χ1n) is 10.7. The van der Waals surface area contributed by atoms with Gasteiger partial charge < -0.3 is 14.3 Å². The number of aldehydes is 1.